The molecule has 1 saturated heterocycles. The minimum absolute atomic E-state index is 0.646. The second-order valence-electron chi connectivity index (χ2n) is 6.23. The monoisotopic (exact) mass is 376 g/mol. The van der Waals surface area contributed by atoms with E-state index in [1.807, 2.05) is 24.3 Å². The van der Waals surface area contributed by atoms with Crippen molar-refractivity contribution in [1.82, 2.24) is 4.90 Å². The van der Waals surface area contributed by atoms with Crippen LogP contribution < -0.4 is 19.1 Å². The van der Waals surface area contributed by atoms with Crippen molar-refractivity contribution in [1.29, 1.82) is 0 Å². The molecule has 0 N–H and O–H groups in total. The molecule has 0 aromatic heterocycles. The van der Waals surface area contributed by atoms with Gasteiger partial charge in [0.2, 0.25) is 5.75 Å². The molecule has 0 radical (unpaired) electrons. The van der Waals surface area contributed by atoms with Gasteiger partial charge in [0.1, 0.15) is 0 Å². The molecule has 1 fully saturated rings. The van der Waals surface area contributed by atoms with Crippen molar-refractivity contribution in [3.8, 4) is 17.2 Å². The summed E-state index contributed by atoms with van der Waals surface area (Å²) in [6.45, 7) is 4.76. The Kier molecular flexibility index (Phi) is 6.12. The summed E-state index contributed by atoms with van der Waals surface area (Å²) >= 11 is 5.98. The van der Waals surface area contributed by atoms with Gasteiger partial charge in [0.05, 0.1) is 21.3 Å². The number of piperazine rings is 1. The van der Waals surface area contributed by atoms with Gasteiger partial charge in [-0.15, -0.1) is 0 Å². The smallest absolute Gasteiger partial charge is 0.203 e. The lowest BCUT2D eigenvalue weighted by atomic mass is 10.1. The summed E-state index contributed by atoms with van der Waals surface area (Å²) in [6.07, 6.45) is 0. The van der Waals surface area contributed by atoms with Crippen LogP contribution in [0, 0.1) is 0 Å². The Morgan fingerprint density at radius 3 is 2.04 bits per heavy atom. The third-order valence-electron chi connectivity index (χ3n) is 4.74. The van der Waals surface area contributed by atoms with Gasteiger partial charge in [-0.3, -0.25) is 4.90 Å². The Morgan fingerprint density at radius 2 is 1.46 bits per heavy atom. The molecule has 0 saturated carbocycles. The summed E-state index contributed by atoms with van der Waals surface area (Å²) < 4.78 is 16.4. The summed E-state index contributed by atoms with van der Waals surface area (Å²) in [5.41, 5.74) is 2.32. The molecule has 0 aliphatic carbocycles. The van der Waals surface area contributed by atoms with E-state index < -0.39 is 0 Å². The molecule has 0 spiro atoms. The van der Waals surface area contributed by atoms with Crippen LogP contribution in [0.15, 0.2) is 36.4 Å². The molecule has 26 heavy (non-hydrogen) atoms. The standard InChI is InChI=1S/C20H25ClN2O3/c1-24-18-9-4-15(19(25-2)20(18)26-3)14-22-10-12-23(13-11-22)17-7-5-16(21)6-8-17/h4-9H,10-14H2,1-3H3. The van der Waals surface area contributed by atoms with Crippen molar-refractivity contribution in [2.24, 2.45) is 0 Å². The normalized spacial score (nSPS) is 15.0. The second kappa shape index (κ2) is 8.52. The first-order valence-electron chi connectivity index (χ1n) is 8.67. The van der Waals surface area contributed by atoms with Crippen LogP contribution in [-0.2, 0) is 6.54 Å². The highest BCUT2D eigenvalue weighted by Crippen LogP contribution is 2.40. The highest BCUT2D eigenvalue weighted by molar-refractivity contribution is 6.30. The van der Waals surface area contributed by atoms with Crippen LogP contribution in [-0.4, -0.2) is 52.4 Å². The molecule has 0 amide bonds. The van der Waals surface area contributed by atoms with Crippen LogP contribution in [0.1, 0.15) is 5.56 Å². The van der Waals surface area contributed by atoms with Crippen LogP contribution in [0.3, 0.4) is 0 Å². The van der Waals surface area contributed by atoms with E-state index in [9.17, 15) is 0 Å². The van der Waals surface area contributed by atoms with Gasteiger partial charge in [-0.1, -0.05) is 17.7 Å². The maximum atomic E-state index is 5.98. The highest BCUT2D eigenvalue weighted by atomic mass is 35.5. The number of nitrogens with zero attached hydrogens (tertiary/aromatic N) is 2. The SMILES string of the molecule is COc1ccc(CN2CCN(c3ccc(Cl)cc3)CC2)c(OC)c1OC. The lowest BCUT2D eigenvalue weighted by Gasteiger charge is -2.36. The number of halogens is 1. The predicted octanol–water partition coefficient (Wildman–Crippen LogP) is 3.69. The zero-order chi connectivity index (χ0) is 18.5. The third-order valence-corrected chi connectivity index (χ3v) is 5.00. The Labute approximate surface area is 160 Å². The summed E-state index contributed by atoms with van der Waals surface area (Å²) in [4.78, 5) is 4.81. The fourth-order valence-corrected chi connectivity index (χ4v) is 3.47. The molecular weight excluding hydrogens is 352 g/mol. The highest BCUT2D eigenvalue weighted by Gasteiger charge is 2.21. The number of rotatable bonds is 6. The van der Waals surface area contributed by atoms with Gasteiger partial charge in [-0.25, -0.2) is 0 Å². The van der Waals surface area contributed by atoms with Gasteiger partial charge in [-0.05, 0) is 30.3 Å². The molecular formula is C20H25ClN2O3. The van der Waals surface area contributed by atoms with E-state index in [0.717, 1.165) is 49.1 Å². The topological polar surface area (TPSA) is 34.2 Å². The summed E-state index contributed by atoms with van der Waals surface area (Å²) in [7, 11) is 4.93. The van der Waals surface area contributed by atoms with E-state index in [1.165, 1.54) is 5.69 Å². The first-order valence-corrected chi connectivity index (χ1v) is 9.04. The Hall–Kier alpha value is -2.11. The number of anilines is 1. The molecule has 1 aliphatic rings. The Morgan fingerprint density at radius 1 is 0.808 bits per heavy atom. The molecule has 2 aromatic carbocycles. The third kappa shape index (κ3) is 4.00. The molecule has 0 atom stereocenters. The lowest BCUT2D eigenvalue weighted by Crippen LogP contribution is -2.46. The molecule has 5 nitrogen and oxygen atoms in total. The van der Waals surface area contributed by atoms with E-state index in [4.69, 9.17) is 25.8 Å². The number of hydrogen-bond acceptors (Lipinski definition) is 5. The average Bonchev–Trinajstić information content (AvgIpc) is 2.68. The Balaban J connectivity index is 1.67. The fourth-order valence-electron chi connectivity index (χ4n) is 3.34. The van der Waals surface area contributed by atoms with Crippen molar-refractivity contribution in [2.75, 3.05) is 52.4 Å². The molecule has 0 bridgehead atoms. The summed E-state index contributed by atoms with van der Waals surface area (Å²) in [5, 5.41) is 0.771. The zero-order valence-electron chi connectivity index (χ0n) is 15.5. The van der Waals surface area contributed by atoms with Crippen LogP contribution in [0.2, 0.25) is 5.02 Å². The molecule has 3 rings (SSSR count). The number of benzene rings is 2. The second-order valence-corrected chi connectivity index (χ2v) is 6.67. The van der Waals surface area contributed by atoms with Gasteiger partial charge in [0.15, 0.2) is 11.5 Å². The van der Waals surface area contributed by atoms with Crippen LogP contribution >= 0.6 is 11.6 Å². The minimum atomic E-state index is 0.646. The largest absolute Gasteiger partial charge is 0.493 e. The van der Waals surface area contributed by atoms with E-state index in [1.54, 1.807) is 21.3 Å². The average molecular weight is 377 g/mol. The maximum Gasteiger partial charge on any atom is 0.203 e. The molecule has 6 heteroatoms. The van der Waals surface area contributed by atoms with E-state index in [0.29, 0.717) is 11.5 Å². The van der Waals surface area contributed by atoms with Gasteiger partial charge < -0.3 is 19.1 Å². The zero-order valence-corrected chi connectivity index (χ0v) is 16.3. The quantitative estimate of drug-likeness (QED) is 0.768. The predicted molar refractivity (Wildman–Crippen MR) is 105 cm³/mol. The van der Waals surface area contributed by atoms with E-state index in [-0.39, 0.29) is 0 Å². The van der Waals surface area contributed by atoms with Crippen molar-refractivity contribution in [3.63, 3.8) is 0 Å². The molecule has 0 unspecified atom stereocenters. The Bertz CT molecular complexity index is 729. The van der Waals surface area contributed by atoms with Crippen molar-refractivity contribution >= 4 is 17.3 Å². The first-order chi connectivity index (χ1) is 12.7. The lowest BCUT2D eigenvalue weighted by molar-refractivity contribution is 0.244. The molecule has 1 heterocycles. The maximum absolute atomic E-state index is 5.98. The van der Waals surface area contributed by atoms with E-state index >= 15 is 0 Å². The van der Waals surface area contributed by atoms with Crippen molar-refractivity contribution < 1.29 is 14.2 Å². The van der Waals surface area contributed by atoms with E-state index in [2.05, 4.69) is 21.9 Å². The summed E-state index contributed by atoms with van der Waals surface area (Å²) in [5.74, 6) is 2.07. The van der Waals surface area contributed by atoms with Crippen molar-refractivity contribution in [2.45, 2.75) is 6.54 Å². The van der Waals surface area contributed by atoms with Gasteiger partial charge in [-0.2, -0.15) is 0 Å². The van der Waals surface area contributed by atoms with Gasteiger partial charge >= 0.3 is 0 Å². The molecule has 2 aromatic rings. The van der Waals surface area contributed by atoms with Crippen LogP contribution in [0.4, 0.5) is 5.69 Å². The van der Waals surface area contributed by atoms with Crippen molar-refractivity contribution in [3.05, 3.63) is 47.0 Å². The number of methoxy groups -OCH3 is 3. The molecule has 1 aliphatic heterocycles. The van der Waals surface area contributed by atoms with Crippen LogP contribution in [0.25, 0.3) is 0 Å². The molecule has 140 valence electrons. The first kappa shape index (κ1) is 18.7. The number of ether oxygens (including phenoxy) is 3. The number of hydrogen-bond donors (Lipinski definition) is 0. The summed E-state index contributed by atoms with van der Waals surface area (Å²) in [6, 6.07) is 12.0. The fraction of sp³-hybridized carbons (Fsp3) is 0.400. The van der Waals surface area contributed by atoms with Gasteiger partial charge in [0.25, 0.3) is 0 Å². The minimum Gasteiger partial charge on any atom is -0.493 e. The van der Waals surface area contributed by atoms with Gasteiger partial charge in [0, 0.05) is 49.0 Å². The van der Waals surface area contributed by atoms with Crippen LogP contribution in [0.5, 0.6) is 17.2 Å².